The predicted octanol–water partition coefficient (Wildman–Crippen LogP) is 1.00. The van der Waals surface area contributed by atoms with Gasteiger partial charge in [-0.25, -0.2) is 4.79 Å². The van der Waals surface area contributed by atoms with Crippen LogP contribution < -0.4 is 15.3 Å². The van der Waals surface area contributed by atoms with E-state index in [9.17, 15) is 9.90 Å². The molecule has 0 N–H and O–H groups in total. The highest BCUT2D eigenvalue weighted by Gasteiger charge is 2.25. The SMILES string of the molecule is O=c1oc2[n+](c([O-])c1-c1ccccc1)CCCC2. The first-order valence-electron chi connectivity index (χ1n) is 6.09. The minimum Gasteiger partial charge on any atom is -0.822 e. The molecule has 1 aromatic heterocycles. The Morgan fingerprint density at radius 2 is 1.94 bits per heavy atom. The lowest BCUT2D eigenvalue weighted by atomic mass is 10.1. The molecule has 92 valence electrons. The van der Waals surface area contributed by atoms with Gasteiger partial charge >= 0.3 is 11.5 Å². The number of hydrogen-bond acceptors (Lipinski definition) is 3. The van der Waals surface area contributed by atoms with Crippen molar-refractivity contribution in [2.75, 3.05) is 0 Å². The first-order chi connectivity index (χ1) is 8.77. The first-order valence-corrected chi connectivity index (χ1v) is 6.09. The van der Waals surface area contributed by atoms with Crippen LogP contribution in [0.4, 0.5) is 0 Å². The topological polar surface area (TPSA) is 57.2 Å². The van der Waals surface area contributed by atoms with Crippen LogP contribution in [0, 0.1) is 0 Å². The van der Waals surface area contributed by atoms with E-state index in [2.05, 4.69) is 0 Å². The molecule has 3 rings (SSSR count). The second-order valence-electron chi connectivity index (χ2n) is 4.44. The maximum atomic E-state index is 12.3. The van der Waals surface area contributed by atoms with Crippen molar-refractivity contribution < 1.29 is 14.1 Å². The molecule has 0 bridgehead atoms. The van der Waals surface area contributed by atoms with Gasteiger partial charge in [-0.15, -0.1) is 0 Å². The average molecular weight is 243 g/mol. The molecule has 0 unspecified atom stereocenters. The van der Waals surface area contributed by atoms with E-state index in [0.29, 0.717) is 24.4 Å². The standard InChI is InChI=1S/C14H13NO3/c16-13-12(10-6-2-1-3-7-10)14(17)18-11-8-4-5-9-15(11)13/h1-3,6-7H,4-5,8-9H2. The van der Waals surface area contributed by atoms with Crippen LogP contribution in [0.5, 0.6) is 5.88 Å². The van der Waals surface area contributed by atoms with Crippen molar-refractivity contribution in [2.24, 2.45) is 0 Å². The second kappa shape index (κ2) is 4.29. The lowest BCUT2D eigenvalue weighted by Crippen LogP contribution is -2.46. The molecule has 2 aromatic rings. The molecular weight excluding hydrogens is 230 g/mol. The zero-order chi connectivity index (χ0) is 12.5. The fourth-order valence-electron chi connectivity index (χ4n) is 2.35. The monoisotopic (exact) mass is 243 g/mol. The number of benzene rings is 1. The molecule has 1 aliphatic heterocycles. The molecule has 2 heterocycles. The third-order valence-corrected chi connectivity index (χ3v) is 3.26. The summed E-state index contributed by atoms with van der Waals surface area (Å²) in [5.41, 5.74) is 0.234. The number of rotatable bonds is 1. The molecule has 0 fully saturated rings. The van der Waals surface area contributed by atoms with Crippen molar-refractivity contribution in [1.29, 1.82) is 0 Å². The van der Waals surface area contributed by atoms with Crippen molar-refractivity contribution in [3.05, 3.63) is 46.6 Å². The minimum absolute atomic E-state index is 0.140. The van der Waals surface area contributed by atoms with Crippen LogP contribution in [0.2, 0.25) is 0 Å². The van der Waals surface area contributed by atoms with Gasteiger partial charge in [0.2, 0.25) is 0 Å². The van der Waals surface area contributed by atoms with Crippen LogP contribution in [-0.4, -0.2) is 0 Å². The summed E-state index contributed by atoms with van der Waals surface area (Å²) in [6.07, 6.45) is 2.58. The third kappa shape index (κ3) is 1.70. The lowest BCUT2D eigenvalue weighted by molar-refractivity contribution is -0.754. The Hall–Kier alpha value is -2.10. The molecule has 4 heteroatoms. The molecule has 1 aliphatic rings. The zero-order valence-corrected chi connectivity index (χ0v) is 9.89. The molecule has 0 amide bonds. The number of fused-ring (bicyclic) bond motifs is 1. The normalized spacial score (nSPS) is 14.2. The lowest BCUT2D eigenvalue weighted by Gasteiger charge is -2.16. The largest absolute Gasteiger partial charge is 0.822 e. The summed E-state index contributed by atoms with van der Waals surface area (Å²) in [6.45, 7) is 0.637. The highest BCUT2D eigenvalue weighted by molar-refractivity contribution is 5.65. The van der Waals surface area contributed by atoms with Gasteiger partial charge < -0.3 is 9.52 Å². The molecule has 18 heavy (non-hydrogen) atoms. The summed E-state index contributed by atoms with van der Waals surface area (Å²) in [5, 5.41) is 12.3. The summed E-state index contributed by atoms with van der Waals surface area (Å²) in [4.78, 5) is 11.9. The second-order valence-corrected chi connectivity index (χ2v) is 4.44. The van der Waals surface area contributed by atoms with Crippen molar-refractivity contribution >= 4 is 0 Å². The van der Waals surface area contributed by atoms with E-state index in [1.54, 1.807) is 28.8 Å². The van der Waals surface area contributed by atoms with Crippen LogP contribution in [0.3, 0.4) is 0 Å². The van der Waals surface area contributed by atoms with Crippen molar-refractivity contribution in [3.8, 4) is 17.0 Å². The van der Waals surface area contributed by atoms with Crippen molar-refractivity contribution in [1.82, 2.24) is 0 Å². The van der Waals surface area contributed by atoms with Gasteiger partial charge in [0.1, 0.15) is 5.56 Å². The highest BCUT2D eigenvalue weighted by Crippen LogP contribution is 2.22. The molecule has 0 spiro atoms. The van der Waals surface area contributed by atoms with E-state index >= 15 is 0 Å². The Labute approximate surface area is 104 Å². The van der Waals surface area contributed by atoms with Crippen molar-refractivity contribution in [3.63, 3.8) is 0 Å². The molecule has 1 aromatic carbocycles. The quantitative estimate of drug-likeness (QED) is 0.702. The minimum atomic E-state index is -0.528. The highest BCUT2D eigenvalue weighted by atomic mass is 16.4. The fraction of sp³-hybridized carbons (Fsp3) is 0.286. The average Bonchev–Trinajstić information content (AvgIpc) is 2.40. The van der Waals surface area contributed by atoms with E-state index in [0.717, 1.165) is 12.8 Å². The Morgan fingerprint density at radius 1 is 1.17 bits per heavy atom. The summed E-state index contributed by atoms with van der Waals surface area (Å²) in [5.74, 6) is 0.281. The van der Waals surface area contributed by atoms with Gasteiger partial charge in [-0.05, 0) is 12.0 Å². The zero-order valence-electron chi connectivity index (χ0n) is 9.89. The molecular formula is C14H13NO3. The molecule has 4 nitrogen and oxygen atoms in total. The molecule has 0 atom stereocenters. The van der Waals surface area contributed by atoms with Crippen LogP contribution in [0.15, 0.2) is 39.5 Å². The summed E-state index contributed by atoms with van der Waals surface area (Å²) in [7, 11) is 0. The van der Waals surface area contributed by atoms with E-state index in [4.69, 9.17) is 4.42 Å². The molecule has 0 saturated heterocycles. The molecule has 0 radical (unpaired) electrons. The van der Waals surface area contributed by atoms with Gasteiger partial charge in [-0.1, -0.05) is 30.3 Å². The van der Waals surface area contributed by atoms with Crippen LogP contribution in [0.1, 0.15) is 18.7 Å². The van der Waals surface area contributed by atoms with Gasteiger partial charge in [-0.2, -0.15) is 4.57 Å². The third-order valence-electron chi connectivity index (χ3n) is 3.26. The van der Waals surface area contributed by atoms with Gasteiger partial charge in [0.05, 0.1) is 6.42 Å². The number of nitrogens with zero attached hydrogens (tertiary/aromatic N) is 1. The van der Waals surface area contributed by atoms with Crippen LogP contribution >= 0.6 is 0 Å². The van der Waals surface area contributed by atoms with Gasteiger partial charge in [0.25, 0.3) is 0 Å². The summed E-state index contributed by atoms with van der Waals surface area (Å²) < 4.78 is 6.86. The van der Waals surface area contributed by atoms with Gasteiger partial charge in [-0.3, -0.25) is 0 Å². The Balaban J connectivity index is 2.25. The summed E-state index contributed by atoms with van der Waals surface area (Å²) in [6, 6.07) is 8.96. The molecule has 0 saturated carbocycles. The van der Waals surface area contributed by atoms with E-state index in [1.807, 2.05) is 6.07 Å². The van der Waals surface area contributed by atoms with E-state index in [-0.39, 0.29) is 11.4 Å². The smallest absolute Gasteiger partial charge is 0.353 e. The fourth-order valence-corrected chi connectivity index (χ4v) is 2.35. The van der Waals surface area contributed by atoms with Crippen molar-refractivity contribution in [2.45, 2.75) is 25.8 Å². The Morgan fingerprint density at radius 3 is 2.72 bits per heavy atom. The molecule has 0 aliphatic carbocycles. The van der Waals surface area contributed by atoms with E-state index < -0.39 is 5.63 Å². The maximum Gasteiger partial charge on any atom is 0.353 e. The maximum absolute atomic E-state index is 12.3. The van der Waals surface area contributed by atoms with Crippen LogP contribution in [0.25, 0.3) is 11.1 Å². The number of aromatic nitrogens is 1. The van der Waals surface area contributed by atoms with Gasteiger partial charge in [0, 0.05) is 6.42 Å². The first kappa shape index (κ1) is 11.0. The van der Waals surface area contributed by atoms with Gasteiger partial charge in [0.15, 0.2) is 12.4 Å². The predicted molar refractivity (Wildman–Crippen MR) is 63.0 cm³/mol. The summed E-state index contributed by atoms with van der Waals surface area (Å²) >= 11 is 0. The van der Waals surface area contributed by atoms with Crippen LogP contribution in [-0.2, 0) is 13.0 Å². The Bertz CT molecular complexity index is 631. The van der Waals surface area contributed by atoms with E-state index in [1.165, 1.54) is 0 Å². The Kier molecular flexibility index (Phi) is 2.63. The number of aryl methyl sites for hydroxylation is 1. The number of hydrogen-bond donors (Lipinski definition) is 0.